The summed E-state index contributed by atoms with van der Waals surface area (Å²) >= 11 is 0. The van der Waals surface area contributed by atoms with Crippen LogP contribution in [-0.2, 0) is 28.6 Å². The molecule has 0 bridgehead atoms. The van der Waals surface area contributed by atoms with Gasteiger partial charge in [-0.15, -0.1) is 0 Å². The van der Waals surface area contributed by atoms with Crippen molar-refractivity contribution in [3.8, 4) is 0 Å². The van der Waals surface area contributed by atoms with E-state index in [1.54, 1.807) is 0 Å². The van der Waals surface area contributed by atoms with Crippen LogP contribution in [-0.4, -0.2) is 37.2 Å². The fourth-order valence-electron chi connectivity index (χ4n) is 9.74. The van der Waals surface area contributed by atoms with Crippen molar-refractivity contribution in [3.05, 3.63) is 72.9 Å². The Kier molecular flexibility index (Phi) is 62.7. The Morgan fingerprint density at radius 1 is 0.273 bits per heavy atom. The summed E-state index contributed by atoms with van der Waals surface area (Å²) < 4.78 is 16.9. The van der Waals surface area contributed by atoms with Crippen LogP contribution >= 0.6 is 0 Å². The largest absolute Gasteiger partial charge is 0.462 e. The first-order chi connectivity index (χ1) is 38.0. The van der Waals surface area contributed by atoms with Gasteiger partial charge in [-0.3, -0.25) is 14.4 Å². The third kappa shape index (κ3) is 63.6. The molecular weight excluding hydrogens is 949 g/mol. The molecule has 6 heteroatoms. The summed E-state index contributed by atoms with van der Waals surface area (Å²) in [7, 11) is 0. The first-order valence-corrected chi connectivity index (χ1v) is 33.4. The lowest BCUT2D eigenvalue weighted by Crippen LogP contribution is -2.30. The maximum atomic E-state index is 12.9. The van der Waals surface area contributed by atoms with E-state index in [0.29, 0.717) is 19.3 Å². The second-order valence-corrected chi connectivity index (χ2v) is 22.4. The summed E-state index contributed by atoms with van der Waals surface area (Å²) in [6, 6.07) is 0. The van der Waals surface area contributed by atoms with Gasteiger partial charge in [0.2, 0.25) is 0 Å². The van der Waals surface area contributed by atoms with Gasteiger partial charge in [0.15, 0.2) is 6.10 Å². The van der Waals surface area contributed by atoms with Gasteiger partial charge < -0.3 is 14.2 Å². The maximum absolute atomic E-state index is 12.9. The lowest BCUT2D eigenvalue weighted by Gasteiger charge is -2.18. The van der Waals surface area contributed by atoms with E-state index in [9.17, 15) is 14.4 Å². The van der Waals surface area contributed by atoms with Crippen LogP contribution in [0, 0.1) is 0 Å². The Balaban J connectivity index is 4.15. The third-order valence-corrected chi connectivity index (χ3v) is 14.7. The van der Waals surface area contributed by atoms with Gasteiger partial charge in [-0.1, -0.05) is 325 Å². The highest BCUT2D eigenvalue weighted by molar-refractivity contribution is 5.71. The van der Waals surface area contributed by atoms with Gasteiger partial charge >= 0.3 is 17.9 Å². The predicted molar refractivity (Wildman–Crippen MR) is 335 cm³/mol. The van der Waals surface area contributed by atoms with E-state index in [2.05, 4.69) is 93.7 Å². The van der Waals surface area contributed by atoms with E-state index in [4.69, 9.17) is 14.2 Å². The van der Waals surface area contributed by atoms with Crippen LogP contribution in [0.1, 0.15) is 342 Å². The lowest BCUT2D eigenvalue weighted by molar-refractivity contribution is -0.167. The quantitative estimate of drug-likeness (QED) is 0.0261. The topological polar surface area (TPSA) is 78.9 Å². The number of rotatable bonds is 61. The number of hydrogen-bond acceptors (Lipinski definition) is 6. The van der Waals surface area contributed by atoms with Crippen LogP contribution in [0.3, 0.4) is 0 Å². The van der Waals surface area contributed by atoms with E-state index < -0.39 is 6.10 Å². The van der Waals surface area contributed by atoms with Gasteiger partial charge in [-0.25, -0.2) is 0 Å². The molecule has 1 unspecified atom stereocenters. The highest BCUT2D eigenvalue weighted by atomic mass is 16.6. The molecule has 0 aliphatic heterocycles. The van der Waals surface area contributed by atoms with Gasteiger partial charge in [0.1, 0.15) is 13.2 Å². The van der Waals surface area contributed by atoms with Crippen molar-refractivity contribution in [1.29, 1.82) is 0 Å². The predicted octanol–water partition coefficient (Wildman–Crippen LogP) is 22.9. The molecular formula is C71H126O6. The average Bonchev–Trinajstić information content (AvgIpc) is 3.43. The van der Waals surface area contributed by atoms with Crippen molar-refractivity contribution in [1.82, 2.24) is 0 Å². The van der Waals surface area contributed by atoms with E-state index >= 15 is 0 Å². The fourth-order valence-corrected chi connectivity index (χ4v) is 9.74. The number of unbranched alkanes of at least 4 members (excludes halogenated alkanes) is 38. The second-order valence-electron chi connectivity index (χ2n) is 22.4. The van der Waals surface area contributed by atoms with Gasteiger partial charge in [0.05, 0.1) is 0 Å². The number of ether oxygens (including phenoxy) is 3. The summed E-state index contributed by atoms with van der Waals surface area (Å²) in [4.78, 5) is 38.2. The molecule has 0 amide bonds. The molecule has 0 spiro atoms. The standard InChI is InChI=1S/C71H126O6/c1-4-7-10-13-16-19-21-23-25-27-29-31-33-35-36-37-39-40-42-44-46-48-50-52-55-58-61-64-70(73)76-67-68(66-75-69(72)63-60-57-54-18-15-12-9-6-3)77-71(74)65-62-59-56-53-51-49-47-45-43-41-38-34-32-30-28-26-24-22-20-17-14-11-8-5-2/h7,10,16,19,23,25,29,31,35-36,39-40,68H,4-6,8-9,11-15,17-18,20-22,24,26-28,30,32-34,37-38,41-67H2,1-3H3/b10-7-,19-16-,25-23-,31-29-,36-35-,40-39-. The Hall–Kier alpha value is -3.15. The van der Waals surface area contributed by atoms with Crippen molar-refractivity contribution in [2.75, 3.05) is 13.2 Å². The molecule has 0 saturated heterocycles. The Morgan fingerprint density at radius 3 is 0.792 bits per heavy atom. The Bertz CT molecular complexity index is 1420. The van der Waals surface area contributed by atoms with Crippen LogP contribution in [0.15, 0.2) is 72.9 Å². The van der Waals surface area contributed by atoms with Crippen molar-refractivity contribution in [2.45, 2.75) is 348 Å². The minimum absolute atomic E-state index is 0.0737. The Morgan fingerprint density at radius 2 is 0.506 bits per heavy atom. The number of carbonyl (C=O) groups is 3. The van der Waals surface area contributed by atoms with Crippen molar-refractivity contribution >= 4 is 17.9 Å². The van der Waals surface area contributed by atoms with Crippen LogP contribution in [0.2, 0.25) is 0 Å². The smallest absolute Gasteiger partial charge is 0.306 e. The van der Waals surface area contributed by atoms with Crippen LogP contribution in [0.5, 0.6) is 0 Å². The average molecular weight is 1080 g/mol. The van der Waals surface area contributed by atoms with E-state index in [0.717, 1.165) is 103 Å². The zero-order valence-corrected chi connectivity index (χ0v) is 51.2. The van der Waals surface area contributed by atoms with Crippen LogP contribution < -0.4 is 0 Å². The molecule has 0 N–H and O–H groups in total. The first-order valence-electron chi connectivity index (χ1n) is 33.4. The Labute approximate surface area is 478 Å². The molecule has 0 saturated carbocycles. The van der Waals surface area contributed by atoms with E-state index in [1.165, 1.54) is 199 Å². The summed E-state index contributed by atoms with van der Waals surface area (Å²) in [5, 5.41) is 0. The highest BCUT2D eigenvalue weighted by Gasteiger charge is 2.19. The SMILES string of the molecule is CC/C=C\C/C=C\C/C=C\C/C=C\C/C=C\C/C=C\CCCCCCCCCCC(=O)OCC(COC(=O)CCCCCCCCCC)OC(=O)CCCCCCCCCCCCCCCCCCCCCCCCCC. The molecule has 0 aliphatic carbocycles. The zero-order valence-electron chi connectivity index (χ0n) is 51.2. The molecule has 6 nitrogen and oxygen atoms in total. The van der Waals surface area contributed by atoms with Crippen molar-refractivity contribution in [2.24, 2.45) is 0 Å². The molecule has 446 valence electrons. The van der Waals surface area contributed by atoms with Gasteiger partial charge in [-0.05, 0) is 70.6 Å². The third-order valence-electron chi connectivity index (χ3n) is 14.7. The molecule has 0 radical (unpaired) electrons. The second kappa shape index (κ2) is 65.4. The molecule has 0 heterocycles. The summed E-state index contributed by atoms with van der Waals surface area (Å²) in [6.07, 6.45) is 85.1. The summed E-state index contributed by atoms with van der Waals surface area (Å²) in [5.74, 6) is -0.869. The fraction of sp³-hybridized carbons (Fsp3) is 0.789. The first kappa shape index (κ1) is 73.8. The molecule has 0 aromatic carbocycles. The van der Waals surface area contributed by atoms with Gasteiger partial charge in [0.25, 0.3) is 0 Å². The maximum Gasteiger partial charge on any atom is 0.306 e. The molecule has 0 aliphatic rings. The van der Waals surface area contributed by atoms with Crippen molar-refractivity contribution in [3.63, 3.8) is 0 Å². The number of esters is 3. The zero-order chi connectivity index (χ0) is 55.7. The van der Waals surface area contributed by atoms with Gasteiger partial charge in [0, 0.05) is 19.3 Å². The van der Waals surface area contributed by atoms with Crippen LogP contribution in [0.4, 0.5) is 0 Å². The highest BCUT2D eigenvalue weighted by Crippen LogP contribution is 2.18. The number of hydrogen-bond donors (Lipinski definition) is 0. The van der Waals surface area contributed by atoms with Gasteiger partial charge in [-0.2, -0.15) is 0 Å². The summed E-state index contributed by atoms with van der Waals surface area (Å²) in [6.45, 7) is 6.54. The minimum atomic E-state index is -0.775. The number of carbonyl (C=O) groups excluding carboxylic acids is 3. The lowest BCUT2D eigenvalue weighted by atomic mass is 10.0. The monoisotopic (exact) mass is 1070 g/mol. The normalized spacial score (nSPS) is 12.5. The van der Waals surface area contributed by atoms with E-state index in [1.807, 2.05) is 0 Å². The van der Waals surface area contributed by atoms with Crippen LogP contribution in [0.25, 0.3) is 0 Å². The summed E-state index contributed by atoms with van der Waals surface area (Å²) in [5.41, 5.74) is 0. The molecule has 0 rings (SSSR count). The molecule has 77 heavy (non-hydrogen) atoms. The minimum Gasteiger partial charge on any atom is -0.462 e. The number of allylic oxidation sites excluding steroid dienone is 12. The molecule has 0 fully saturated rings. The van der Waals surface area contributed by atoms with Crippen molar-refractivity contribution < 1.29 is 28.6 Å². The molecule has 0 aromatic heterocycles. The molecule has 0 aromatic rings. The van der Waals surface area contributed by atoms with E-state index in [-0.39, 0.29) is 31.1 Å². The molecule has 1 atom stereocenters.